The first-order valence-corrected chi connectivity index (χ1v) is 8.54. The molecular weight excluding hydrogens is 218 g/mol. The molecule has 0 spiro atoms. The highest BCUT2D eigenvalue weighted by atomic mass is 14.9. The van der Waals surface area contributed by atoms with Crippen LogP contribution >= 0.6 is 0 Å². The van der Waals surface area contributed by atoms with Crippen LogP contribution in [0.5, 0.6) is 0 Å². The Hall–Kier alpha value is -0.0400. The fourth-order valence-corrected chi connectivity index (χ4v) is 3.34. The molecule has 0 aromatic heterocycles. The topological polar surface area (TPSA) is 12.0 Å². The lowest BCUT2D eigenvalue weighted by atomic mass is 9.85. The Morgan fingerprint density at radius 3 is 2.33 bits per heavy atom. The summed E-state index contributed by atoms with van der Waals surface area (Å²) in [6.07, 6.45) is 18.9. The zero-order valence-electron chi connectivity index (χ0n) is 12.8. The maximum Gasteiger partial charge on any atom is 0.00641 e. The molecule has 1 heteroatoms. The summed E-state index contributed by atoms with van der Waals surface area (Å²) in [5.41, 5.74) is 0. The SMILES string of the molecule is CCCCCCCC(CCC1CCCCC1)NC. The zero-order chi connectivity index (χ0) is 13.1. The molecule has 1 atom stereocenters. The van der Waals surface area contributed by atoms with Gasteiger partial charge in [-0.15, -0.1) is 0 Å². The van der Waals surface area contributed by atoms with E-state index in [1.807, 2.05) is 0 Å². The van der Waals surface area contributed by atoms with Crippen molar-refractivity contribution in [1.29, 1.82) is 0 Å². The van der Waals surface area contributed by atoms with Gasteiger partial charge in [0.25, 0.3) is 0 Å². The molecule has 18 heavy (non-hydrogen) atoms. The number of hydrogen-bond acceptors (Lipinski definition) is 1. The van der Waals surface area contributed by atoms with Gasteiger partial charge in [0.15, 0.2) is 0 Å². The molecule has 1 nitrogen and oxygen atoms in total. The van der Waals surface area contributed by atoms with Gasteiger partial charge in [-0.1, -0.05) is 71.1 Å². The molecule has 0 aromatic carbocycles. The molecule has 0 bridgehead atoms. The minimum atomic E-state index is 0.786. The molecule has 1 N–H and O–H groups in total. The smallest absolute Gasteiger partial charge is 0.00641 e. The summed E-state index contributed by atoms with van der Waals surface area (Å²) in [4.78, 5) is 0. The maximum absolute atomic E-state index is 3.53. The van der Waals surface area contributed by atoms with Crippen molar-refractivity contribution in [1.82, 2.24) is 5.32 Å². The number of hydrogen-bond donors (Lipinski definition) is 1. The fourth-order valence-electron chi connectivity index (χ4n) is 3.34. The third kappa shape index (κ3) is 7.41. The monoisotopic (exact) mass is 253 g/mol. The van der Waals surface area contributed by atoms with Crippen molar-refractivity contribution in [3.8, 4) is 0 Å². The average molecular weight is 253 g/mol. The summed E-state index contributed by atoms with van der Waals surface area (Å²) in [7, 11) is 2.15. The molecule has 0 saturated heterocycles. The molecule has 1 aliphatic rings. The summed E-state index contributed by atoms with van der Waals surface area (Å²) in [5.74, 6) is 1.05. The van der Waals surface area contributed by atoms with Gasteiger partial charge in [-0.3, -0.25) is 0 Å². The second-order valence-electron chi connectivity index (χ2n) is 6.27. The van der Waals surface area contributed by atoms with Crippen LogP contribution in [0.25, 0.3) is 0 Å². The van der Waals surface area contributed by atoms with E-state index in [0.717, 1.165) is 12.0 Å². The van der Waals surface area contributed by atoms with E-state index in [2.05, 4.69) is 19.3 Å². The van der Waals surface area contributed by atoms with Crippen LogP contribution in [0.3, 0.4) is 0 Å². The van der Waals surface area contributed by atoms with Gasteiger partial charge >= 0.3 is 0 Å². The van der Waals surface area contributed by atoms with E-state index < -0.39 is 0 Å². The van der Waals surface area contributed by atoms with Crippen molar-refractivity contribution in [3.63, 3.8) is 0 Å². The van der Waals surface area contributed by atoms with Crippen LogP contribution in [-0.4, -0.2) is 13.1 Å². The molecule has 0 amide bonds. The first-order valence-electron chi connectivity index (χ1n) is 8.54. The van der Waals surface area contributed by atoms with E-state index in [4.69, 9.17) is 0 Å². The molecule has 0 radical (unpaired) electrons. The van der Waals surface area contributed by atoms with E-state index >= 15 is 0 Å². The number of unbranched alkanes of at least 4 members (excludes halogenated alkanes) is 4. The van der Waals surface area contributed by atoms with E-state index in [9.17, 15) is 0 Å². The Labute approximate surface area is 115 Å². The second kappa shape index (κ2) is 10.8. The molecule has 1 fully saturated rings. The summed E-state index contributed by atoms with van der Waals surface area (Å²) >= 11 is 0. The van der Waals surface area contributed by atoms with Crippen LogP contribution in [0.4, 0.5) is 0 Å². The predicted molar refractivity (Wildman–Crippen MR) is 82.0 cm³/mol. The van der Waals surface area contributed by atoms with Crippen LogP contribution in [0.1, 0.15) is 90.4 Å². The Morgan fingerprint density at radius 1 is 0.944 bits per heavy atom. The van der Waals surface area contributed by atoms with E-state index in [1.165, 1.54) is 83.5 Å². The van der Waals surface area contributed by atoms with Crippen molar-refractivity contribution in [2.24, 2.45) is 5.92 Å². The van der Waals surface area contributed by atoms with Gasteiger partial charge in [-0.25, -0.2) is 0 Å². The highest BCUT2D eigenvalue weighted by molar-refractivity contribution is 4.71. The van der Waals surface area contributed by atoms with Crippen LogP contribution < -0.4 is 5.32 Å². The first-order chi connectivity index (χ1) is 8.86. The predicted octanol–water partition coefficient (Wildman–Crippen LogP) is 5.30. The third-order valence-electron chi connectivity index (χ3n) is 4.71. The number of nitrogens with one attached hydrogen (secondary N) is 1. The average Bonchev–Trinajstić information content (AvgIpc) is 2.43. The molecule has 1 saturated carbocycles. The molecule has 0 heterocycles. The molecule has 108 valence electrons. The molecule has 1 unspecified atom stereocenters. The van der Waals surface area contributed by atoms with Crippen LogP contribution in [-0.2, 0) is 0 Å². The van der Waals surface area contributed by atoms with Crippen LogP contribution in [0.15, 0.2) is 0 Å². The fraction of sp³-hybridized carbons (Fsp3) is 1.00. The van der Waals surface area contributed by atoms with Crippen molar-refractivity contribution in [3.05, 3.63) is 0 Å². The second-order valence-corrected chi connectivity index (χ2v) is 6.27. The standard InChI is InChI=1S/C17H35N/c1-3-4-5-6-10-13-17(18-2)15-14-16-11-8-7-9-12-16/h16-18H,3-15H2,1-2H3. The highest BCUT2D eigenvalue weighted by Crippen LogP contribution is 2.28. The largest absolute Gasteiger partial charge is 0.317 e. The van der Waals surface area contributed by atoms with Crippen molar-refractivity contribution >= 4 is 0 Å². The minimum absolute atomic E-state index is 0.786. The lowest BCUT2D eigenvalue weighted by Gasteiger charge is -2.24. The summed E-state index contributed by atoms with van der Waals surface area (Å²) in [5, 5.41) is 3.53. The summed E-state index contributed by atoms with van der Waals surface area (Å²) in [6, 6.07) is 0.786. The molecule has 1 rings (SSSR count). The Balaban J connectivity index is 2.01. The molecule has 0 aliphatic heterocycles. The van der Waals surface area contributed by atoms with Gasteiger partial charge < -0.3 is 5.32 Å². The highest BCUT2D eigenvalue weighted by Gasteiger charge is 2.15. The van der Waals surface area contributed by atoms with Crippen molar-refractivity contribution < 1.29 is 0 Å². The molecular formula is C17H35N. The first kappa shape index (κ1) is 16.0. The Morgan fingerprint density at radius 2 is 1.67 bits per heavy atom. The van der Waals surface area contributed by atoms with Gasteiger partial charge in [-0.2, -0.15) is 0 Å². The van der Waals surface area contributed by atoms with E-state index in [-0.39, 0.29) is 0 Å². The minimum Gasteiger partial charge on any atom is -0.317 e. The lowest BCUT2D eigenvalue weighted by molar-refractivity contribution is 0.310. The molecule has 1 aliphatic carbocycles. The molecule has 0 aromatic rings. The normalized spacial score (nSPS) is 19.0. The van der Waals surface area contributed by atoms with E-state index in [0.29, 0.717) is 0 Å². The number of rotatable bonds is 10. The quantitative estimate of drug-likeness (QED) is 0.521. The lowest BCUT2D eigenvalue weighted by Crippen LogP contribution is -2.26. The van der Waals surface area contributed by atoms with Crippen molar-refractivity contribution in [2.75, 3.05) is 7.05 Å². The van der Waals surface area contributed by atoms with Gasteiger partial charge in [0.1, 0.15) is 0 Å². The Kier molecular flexibility index (Phi) is 9.65. The third-order valence-corrected chi connectivity index (χ3v) is 4.71. The van der Waals surface area contributed by atoms with Gasteiger partial charge in [0.05, 0.1) is 0 Å². The summed E-state index contributed by atoms with van der Waals surface area (Å²) in [6.45, 7) is 2.29. The summed E-state index contributed by atoms with van der Waals surface area (Å²) < 4.78 is 0. The van der Waals surface area contributed by atoms with E-state index in [1.54, 1.807) is 0 Å². The van der Waals surface area contributed by atoms with Crippen LogP contribution in [0.2, 0.25) is 0 Å². The van der Waals surface area contributed by atoms with Gasteiger partial charge in [-0.05, 0) is 32.2 Å². The van der Waals surface area contributed by atoms with Gasteiger partial charge in [0, 0.05) is 6.04 Å². The van der Waals surface area contributed by atoms with Crippen LogP contribution in [0, 0.1) is 5.92 Å². The van der Waals surface area contributed by atoms with Gasteiger partial charge in [0.2, 0.25) is 0 Å². The zero-order valence-corrected chi connectivity index (χ0v) is 12.8. The Bertz CT molecular complexity index is 172. The van der Waals surface area contributed by atoms with Crippen molar-refractivity contribution in [2.45, 2.75) is 96.4 Å². The maximum atomic E-state index is 3.53.